The first-order valence-corrected chi connectivity index (χ1v) is 0.866. The zero-order valence-corrected chi connectivity index (χ0v) is 7.45. The molecular weight excluding hydrogens is 172 g/mol. The molecule has 0 saturated carbocycles. The van der Waals surface area contributed by atoms with Crippen molar-refractivity contribution in [3.63, 3.8) is 0 Å². The van der Waals surface area contributed by atoms with Crippen LogP contribution in [0.1, 0.15) is 0 Å². The van der Waals surface area contributed by atoms with E-state index in [0.717, 1.165) is 0 Å². The first kappa shape index (κ1) is 17.9. The van der Waals surface area contributed by atoms with E-state index in [9.17, 15) is 0 Å². The molecule has 0 atom stereocenters. The second-order valence-corrected chi connectivity index (χ2v) is 0. The number of rotatable bonds is 0. The minimum absolute atomic E-state index is 0. The van der Waals surface area contributed by atoms with Crippen molar-refractivity contribution < 1.29 is 40.3 Å². The quantitative estimate of drug-likeness (QED) is 0.439. The van der Waals surface area contributed by atoms with E-state index in [1.165, 1.54) is 0 Å². The number of hydrogen-bond acceptors (Lipinski definition) is 1. The summed E-state index contributed by atoms with van der Waals surface area (Å²) in [4.78, 5) is 0. The standard InChI is InChI=1S/Al.Cu.O.Zn.H. The molecule has 0 N–H and O–H groups in total. The molecule has 0 heterocycles. The van der Waals surface area contributed by atoms with E-state index >= 15 is 0 Å². The molecule has 4 heteroatoms. The molecule has 0 fully saturated rings. The van der Waals surface area contributed by atoms with Crippen LogP contribution in [0.25, 0.3) is 0 Å². The van der Waals surface area contributed by atoms with Crippen molar-refractivity contribution in [1.82, 2.24) is 0 Å². The third-order valence-electron chi connectivity index (χ3n) is 0. The summed E-state index contributed by atoms with van der Waals surface area (Å²) in [6.45, 7) is 0. The molecule has 0 amide bonds. The SMILES string of the molecule is [Cu].[O]=[AlH].[Zn]. The molecule has 0 aromatic rings. The maximum Gasteiger partial charge on any atom is 0 e. The molecule has 0 rings (SSSR count). The van der Waals surface area contributed by atoms with Crippen LogP contribution in [0, 0.1) is 0 Å². The Hall–Kier alpha value is 1.48. The van der Waals surface area contributed by atoms with Crippen molar-refractivity contribution >= 4 is 16.2 Å². The largest absolute Gasteiger partial charge is 0 e. The monoisotopic (exact) mass is 171 g/mol. The second-order valence-electron chi connectivity index (χ2n) is 0. The van der Waals surface area contributed by atoms with Crippen molar-refractivity contribution in [1.29, 1.82) is 0 Å². The van der Waals surface area contributed by atoms with Crippen molar-refractivity contribution in [3.8, 4) is 0 Å². The van der Waals surface area contributed by atoms with Crippen molar-refractivity contribution in [2.75, 3.05) is 0 Å². The van der Waals surface area contributed by atoms with E-state index < -0.39 is 0 Å². The van der Waals surface area contributed by atoms with Crippen LogP contribution < -0.4 is 0 Å². The van der Waals surface area contributed by atoms with E-state index in [4.69, 9.17) is 3.80 Å². The van der Waals surface area contributed by atoms with Crippen LogP contribution in [0.4, 0.5) is 0 Å². The van der Waals surface area contributed by atoms with Crippen molar-refractivity contribution in [3.05, 3.63) is 0 Å². The Morgan fingerprint density at radius 1 is 1.25 bits per heavy atom. The third kappa shape index (κ3) is 9.78. The van der Waals surface area contributed by atoms with Crippen LogP contribution in [-0.2, 0) is 40.3 Å². The van der Waals surface area contributed by atoms with Gasteiger partial charge in [-0.05, 0) is 0 Å². The van der Waals surface area contributed by atoms with Crippen LogP contribution in [0.3, 0.4) is 0 Å². The summed E-state index contributed by atoms with van der Waals surface area (Å²) >= 11 is 0.611. The molecular formula is HAlCuOZn. The Labute approximate surface area is 56.4 Å². The molecule has 4 heavy (non-hydrogen) atoms. The molecule has 0 aliphatic rings. The maximum atomic E-state index is 8.28. The summed E-state index contributed by atoms with van der Waals surface area (Å²) in [6, 6.07) is 0. The van der Waals surface area contributed by atoms with Gasteiger partial charge in [0.25, 0.3) is 0 Å². The van der Waals surface area contributed by atoms with Gasteiger partial charge >= 0.3 is 20.0 Å². The predicted molar refractivity (Wildman–Crippen MR) is 7.84 cm³/mol. The molecule has 0 spiro atoms. The first-order valence-electron chi connectivity index (χ1n) is 0.289. The van der Waals surface area contributed by atoms with E-state index in [-0.39, 0.29) is 36.5 Å². The molecule has 0 saturated heterocycles. The average Bonchev–Trinajstić information content (AvgIpc) is 1.00. The van der Waals surface area contributed by atoms with Gasteiger partial charge in [-0.2, -0.15) is 0 Å². The van der Waals surface area contributed by atoms with E-state index in [1.54, 1.807) is 0 Å². The van der Waals surface area contributed by atoms with Gasteiger partial charge in [0.2, 0.25) is 0 Å². The number of hydrogen-bond donors (Lipinski definition) is 0. The van der Waals surface area contributed by atoms with E-state index in [0.29, 0.717) is 16.2 Å². The minimum atomic E-state index is 0. The van der Waals surface area contributed by atoms with Crippen LogP contribution >= 0.6 is 0 Å². The summed E-state index contributed by atoms with van der Waals surface area (Å²) in [5.74, 6) is 0. The topological polar surface area (TPSA) is 17.1 Å². The van der Waals surface area contributed by atoms with Gasteiger partial charge in [0.15, 0.2) is 0 Å². The van der Waals surface area contributed by atoms with Crippen LogP contribution in [0.15, 0.2) is 0 Å². The van der Waals surface area contributed by atoms with Crippen LogP contribution in [0.2, 0.25) is 0 Å². The molecule has 0 unspecified atom stereocenters. The fourth-order valence-corrected chi connectivity index (χ4v) is 0. The third-order valence-corrected chi connectivity index (χ3v) is 0. The van der Waals surface area contributed by atoms with Gasteiger partial charge in [-0.3, -0.25) is 0 Å². The smallest absolute Gasteiger partial charge is 0 e. The fraction of sp³-hybridized carbons (Fsp3) is 0. The van der Waals surface area contributed by atoms with Crippen molar-refractivity contribution in [2.45, 2.75) is 0 Å². The molecule has 0 aromatic carbocycles. The van der Waals surface area contributed by atoms with Gasteiger partial charge in [0, 0.05) is 36.5 Å². The second kappa shape index (κ2) is 24.8. The average molecular weight is 173 g/mol. The summed E-state index contributed by atoms with van der Waals surface area (Å²) in [5, 5.41) is 0. The molecule has 23 valence electrons. The maximum absolute atomic E-state index is 8.28. The zero-order chi connectivity index (χ0) is 2.00. The predicted octanol–water partition coefficient (Wildman–Crippen LogP) is -0.772. The van der Waals surface area contributed by atoms with Crippen LogP contribution in [-0.4, -0.2) is 16.2 Å². The summed E-state index contributed by atoms with van der Waals surface area (Å²) in [6.07, 6.45) is 0. The molecule has 0 bridgehead atoms. The van der Waals surface area contributed by atoms with Gasteiger partial charge < -0.3 is 0 Å². The Morgan fingerprint density at radius 2 is 1.25 bits per heavy atom. The summed E-state index contributed by atoms with van der Waals surface area (Å²) in [7, 11) is 0. The Morgan fingerprint density at radius 3 is 1.25 bits per heavy atom. The molecule has 0 aliphatic heterocycles. The van der Waals surface area contributed by atoms with Crippen molar-refractivity contribution in [2.24, 2.45) is 0 Å². The Bertz CT molecular complexity index is 8.00. The minimum Gasteiger partial charge on any atom is 0 e. The van der Waals surface area contributed by atoms with E-state index in [1.807, 2.05) is 0 Å². The van der Waals surface area contributed by atoms with Crippen LogP contribution in [0.5, 0.6) is 0 Å². The van der Waals surface area contributed by atoms with Gasteiger partial charge in [-0.25, -0.2) is 0 Å². The molecule has 0 aliphatic carbocycles. The molecule has 0 aromatic heterocycles. The van der Waals surface area contributed by atoms with Gasteiger partial charge in [-0.15, -0.1) is 0 Å². The fourth-order valence-electron chi connectivity index (χ4n) is 0. The van der Waals surface area contributed by atoms with E-state index in [2.05, 4.69) is 0 Å². The summed E-state index contributed by atoms with van der Waals surface area (Å²) < 4.78 is 8.28. The molecule has 1 radical (unpaired) electrons. The summed E-state index contributed by atoms with van der Waals surface area (Å²) in [5.41, 5.74) is 0. The normalized spacial score (nSPS) is 0.750. The Balaban J connectivity index is -0.00000000500. The Kier molecular flexibility index (Phi) is 111. The zero-order valence-electron chi connectivity index (χ0n) is 2.12. The van der Waals surface area contributed by atoms with Gasteiger partial charge in [-0.1, -0.05) is 0 Å². The first-order chi connectivity index (χ1) is 1.00. The van der Waals surface area contributed by atoms with Gasteiger partial charge in [0.1, 0.15) is 0 Å². The van der Waals surface area contributed by atoms with Gasteiger partial charge in [0.05, 0.1) is 0 Å². The molecule has 1 nitrogen and oxygen atoms in total.